The van der Waals surface area contributed by atoms with E-state index in [2.05, 4.69) is 19.2 Å². The fourth-order valence-electron chi connectivity index (χ4n) is 5.22. The third-order valence-electron chi connectivity index (χ3n) is 7.34. The van der Waals surface area contributed by atoms with Crippen LogP contribution < -0.4 is 5.32 Å². The fourth-order valence-corrected chi connectivity index (χ4v) is 6.20. The van der Waals surface area contributed by atoms with Gasteiger partial charge >= 0.3 is 0 Å². The lowest BCUT2D eigenvalue weighted by molar-refractivity contribution is -0.128. The molecule has 3 aromatic rings. The number of rotatable bonds is 9. The molecule has 1 aliphatic rings. The van der Waals surface area contributed by atoms with E-state index in [9.17, 15) is 9.59 Å². The van der Waals surface area contributed by atoms with Crippen LogP contribution in [0.15, 0.2) is 89.8 Å². The molecule has 0 spiro atoms. The lowest BCUT2D eigenvalue weighted by Gasteiger charge is -2.36. The van der Waals surface area contributed by atoms with Crippen LogP contribution in [0.25, 0.3) is 0 Å². The molecule has 1 amide bonds. The van der Waals surface area contributed by atoms with Crippen LogP contribution in [-0.4, -0.2) is 11.0 Å². The van der Waals surface area contributed by atoms with Crippen LogP contribution >= 0.6 is 11.8 Å². The van der Waals surface area contributed by atoms with Crippen molar-refractivity contribution in [1.29, 1.82) is 0 Å². The number of carbonyl (C=O) groups is 2. The Bertz CT molecular complexity index is 1100. The Kier molecular flexibility index (Phi) is 9.03. The molecule has 0 radical (unpaired) electrons. The standard InChI is InChI=1S/C32H37NO2S/c1-24(2)20-23-32(21-12-5-13-22-32)31(35)33-27-18-10-11-19-28(27)36-30(34)29(25-14-6-3-7-15-25)26-16-8-4-9-17-26/h3-4,6-11,14-19,24,29H,5,12-13,20-23H2,1-2H3,(H,33,35). The molecule has 0 heterocycles. The van der Waals surface area contributed by atoms with Gasteiger partial charge in [0.05, 0.1) is 11.6 Å². The maximum atomic E-state index is 13.7. The number of hydrogen-bond acceptors (Lipinski definition) is 3. The van der Waals surface area contributed by atoms with Crippen LogP contribution in [0.2, 0.25) is 0 Å². The molecule has 1 N–H and O–H groups in total. The molecule has 0 unspecified atom stereocenters. The first-order valence-electron chi connectivity index (χ1n) is 13.2. The number of para-hydroxylation sites is 1. The summed E-state index contributed by atoms with van der Waals surface area (Å²) in [5.41, 5.74) is 2.37. The van der Waals surface area contributed by atoms with Crippen molar-refractivity contribution in [3.05, 3.63) is 96.1 Å². The van der Waals surface area contributed by atoms with E-state index in [1.807, 2.05) is 84.9 Å². The highest BCUT2D eigenvalue weighted by Gasteiger charge is 2.39. The highest BCUT2D eigenvalue weighted by atomic mass is 32.2. The molecule has 36 heavy (non-hydrogen) atoms. The van der Waals surface area contributed by atoms with Gasteiger partial charge in [-0.1, -0.05) is 106 Å². The smallest absolute Gasteiger partial charge is 0.230 e. The first kappa shape index (κ1) is 26.2. The summed E-state index contributed by atoms with van der Waals surface area (Å²) in [5.74, 6) is 0.313. The van der Waals surface area contributed by atoms with Crippen LogP contribution in [0.4, 0.5) is 5.69 Å². The average Bonchev–Trinajstić information content (AvgIpc) is 2.90. The minimum atomic E-state index is -0.378. The van der Waals surface area contributed by atoms with Crippen molar-refractivity contribution < 1.29 is 9.59 Å². The quantitative estimate of drug-likeness (QED) is 0.300. The Labute approximate surface area is 220 Å². The first-order valence-corrected chi connectivity index (χ1v) is 14.0. The Hall–Kier alpha value is -2.85. The molecule has 4 heteroatoms. The second-order valence-corrected chi connectivity index (χ2v) is 11.4. The maximum Gasteiger partial charge on any atom is 0.230 e. The molecule has 4 rings (SSSR count). The van der Waals surface area contributed by atoms with Crippen LogP contribution in [0.1, 0.15) is 75.8 Å². The van der Waals surface area contributed by atoms with Gasteiger partial charge in [-0.25, -0.2) is 0 Å². The van der Waals surface area contributed by atoms with Crippen molar-refractivity contribution in [1.82, 2.24) is 0 Å². The number of amides is 1. The third kappa shape index (κ3) is 6.47. The van der Waals surface area contributed by atoms with Crippen LogP contribution in [-0.2, 0) is 9.59 Å². The van der Waals surface area contributed by atoms with Gasteiger partial charge in [-0.05, 0) is 66.6 Å². The summed E-state index contributed by atoms with van der Waals surface area (Å²) in [6, 6.07) is 27.6. The van der Waals surface area contributed by atoms with Crippen molar-refractivity contribution >= 4 is 28.5 Å². The van der Waals surface area contributed by atoms with Crippen molar-refractivity contribution in [2.45, 2.75) is 69.6 Å². The minimum Gasteiger partial charge on any atom is -0.325 e. The van der Waals surface area contributed by atoms with E-state index in [1.54, 1.807) is 0 Å². The zero-order valence-electron chi connectivity index (χ0n) is 21.4. The second kappa shape index (κ2) is 12.4. The average molecular weight is 500 g/mol. The Balaban J connectivity index is 1.57. The van der Waals surface area contributed by atoms with Gasteiger partial charge in [-0.3, -0.25) is 9.59 Å². The highest BCUT2D eigenvalue weighted by Crippen LogP contribution is 2.43. The van der Waals surface area contributed by atoms with Crippen LogP contribution in [0.5, 0.6) is 0 Å². The fraction of sp³-hybridized carbons (Fsp3) is 0.375. The van der Waals surface area contributed by atoms with E-state index in [-0.39, 0.29) is 22.4 Å². The van der Waals surface area contributed by atoms with E-state index in [4.69, 9.17) is 0 Å². The number of thioether (sulfide) groups is 1. The molecule has 188 valence electrons. The van der Waals surface area contributed by atoms with Crippen LogP contribution in [0.3, 0.4) is 0 Å². The molecule has 0 aliphatic heterocycles. The minimum absolute atomic E-state index is 0.0429. The van der Waals surface area contributed by atoms with Gasteiger partial charge in [-0.15, -0.1) is 0 Å². The maximum absolute atomic E-state index is 13.7. The van der Waals surface area contributed by atoms with Gasteiger partial charge in [0.1, 0.15) is 0 Å². The molecular formula is C32H37NO2S. The molecule has 0 saturated heterocycles. The molecule has 3 nitrogen and oxygen atoms in total. The number of anilines is 1. The number of carbonyl (C=O) groups excluding carboxylic acids is 2. The molecule has 0 aromatic heterocycles. The van der Waals surface area contributed by atoms with E-state index in [1.165, 1.54) is 18.2 Å². The summed E-state index contributed by atoms with van der Waals surface area (Å²) in [4.78, 5) is 28.2. The number of benzene rings is 3. The predicted molar refractivity (Wildman–Crippen MR) is 150 cm³/mol. The van der Waals surface area contributed by atoms with Crippen molar-refractivity contribution in [2.24, 2.45) is 11.3 Å². The van der Waals surface area contributed by atoms with E-state index >= 15 is 0 Å². The summed E-state index contributed by atoms with van der Waals surface area (Å²) in [6.45, 7) is 4.45. The molecule has 1 saturated carbocycles. The summed E-state index contributed by atoms with van der Waals surface area (Å²) >= 11 is 1.22. The Morgan fingerprint density at radius 2 is 1.36 bits per heavy atom. The van der Waals surface area contributed by atoms with Crippen molar-refractivity contribution in [2.75, 3.05) is 5.32 Å². The molecule has 0 bridgehead atoms. The third-order valence-corrected chi connectivity index (χ3v) is 8.35. The topological polar surface area (TPSA) is 46.2 Å². The molecule has 1 fully saturated rings. The number of nitrogens with one attached hydrogen (secondary N) is 1. The Morgan fingerprint density at radius 1 is 0.806 bits per heavy atom. The van der Waals surface area contributed by atoms with Gasteiger partial charge in [-0.2, -0.15) is 0 Å². The van der Waals surface area contributed by atoms with Gasteiger partial charge in [0.15, 0.2) is 0 Å². The summed E-state index contributed by atoms with van der Waals surface area (Å²) in [5, 5.41) is 3.30. The molecular weight excluding hydrogens is 462 g/mol. The lowest BCUT2D eigenvalue weighted by Crippen LogP contribution is -2.38. The zero-order chi connectivity index (χ0) is 25.4. The second-order valence-electron chi connectivity index (χ2n) is 10.4. The lowest BCUT2D eigenvalue weighted by atomic mass is 9.69. The van der Waals surface area contributed by atoms with Crippen LogP contribution in [0, 0.1) is 11.3 Å². The summed E-state index contributed by atoms with van der Waals surface area (Å²) in [7, 11) is 0. The largest absolute Gasteiger partial charge is 0.325 e. The Morgan fingerprint density at radius 3 is 1.94 bits per heavy atom. The van der Waals surface area contributed by atoms with E-state index < -0.39 is 0 Å². The molecule has 0 atom stereocenters. The number of hydrogen-bond donors (Lipinski definition) is 1. The summed E-state index contributed by atoms with van der Waals surface area (Å²) in [6.07, 6.45) is 7.30. The molecule has 3 aromatic carbocycles. The first-order chi connectivity index (χ1) is 17.5. The van der Waals surface area contributed by atoms with Gasteiger partial charge < -0.3 is 5.32 Å². The van der Waals surface area contributed by atoms with Crippen molar-refractivity contribution in [3.8, 4) is 0 Å². The predicted octanol–water partition coefficient (Wildman–Crippen LogP) is 8.46. The SMILES string of the molecule is CC(C)CCC1(C(=O)Nc2ccccc2SC(=O)C(c2ccccc2)c2ccccc2)CCCCC1. The van der Waals surface area contributed by atoms with E-state index in [0.717, 1.165) is 60.2 Å². The monoisotopic (exact) mass is 499 g/mol. The van der Waals surface area contributed by atoms with E-state index in [0.29, 0.717) is 5.92 Å². The van der Waals surface area contributed by atoms with Gasteiger partial charge in [0.25, 0.3) is 0 Å². The van der Waals surface area contributed by atoms with Gasteiger partial charge in [0, 0.05) is 10.3 Å². The zero-order valence-corrected chi connectivity index (χ0v) is 22.2. The normalized spacial score (nSPS) is 15.1. The van der Waals surface area contributed by atoms with Crippen molar-refractivity contribution in [3.63, 3.8) is 0 Å². The highest BCUT2D eigenvalue weighted by molar-refractivity contribution is 8.13. The molecule has 1 aliphatic carbocycles. The van der Waals surface area contributed by atoms with Gasteiger partial charge in [0.2, 0.25) is 11.0 Å². The summed E-state index contributed by atoms with van der Waals surface area (Å²) < 4.78 is 0.